The van der Waals surface area contributed by atoms with Gasteiger partial charge in [0.1, 0.15) is 17.2 Å². The maximum absolute atomic E-state index is 13.3. The summed E-state index contributed by atoms with van der Waals surface area (Å²) in [6.45, 7) is 0.308. The van der Waals surface area contributed by atoms with E-state index in [9.17, 15) is 14.0 Å². The first-order valence-electron chi connectivity index (χ1n) is 9.41. The second-order valence-electron chi connectivity index (χ2n) is 7.86. The molecule has 1 aliphatic heterocycles. The van der Waals surface area contributed by atoms with Gasteiger partial charge < -0.3 is 10.1 Å². The number of rotatable bonds is 3. The van der Waals surface area contributed by atoms with E-state index in [1.807, 2.05) is 18.2 Å². The minimum absolute atomic E-state index is 0.0248. The third-order valence-electron chi connectivity index (χ3n) is 6.30. The van der Waals surface area contributed by atoms with E-state index in [2.05, 4.69) is 5.32 Å². The number of ether oxygens (including phenoxy) is 1. The number of fused-ring (bicyclic) bond motifs is 3. The molecule has 2 aromatic carbocycles. The maximum Gasteiger partial charge on any atom is 0.224 e. The minimum Gasteiger partial charge on any atom is -0.486 e. The predicted molar refractivity (Wildman–Crippen MR) is 96.7 cm³/mol. The van der Waals surface area contributed by atoms with Gasteiger partial charge in [-0.15, -0.1) is 0 Å². The van der Waals surface area contributed by atoms with E-state index in [1.165, 1.54) is 12.1 Å². The van der Waals surface area contributed by atoms with Gasteiger partial charge in [0, 0.05) is 18.4 Å². The normalized spacial score (nSPS) is 30.4. The van der Waals surface area contributed by atoms with Crippen molar-refractivity contribution in [3.05, 3.63) is 65.5 Å². The zero-order valence-corrected chi connectivity index (χ0v) is 14.8. The lowest BCUT2D eigenvalue weighted by atomic mass is 9.84. The molecule has 0 saturated heterocycles. The van der Waals surface area contributed by atoms with E-state index in [-0.39, 0.29) is 35.3 Å². The summed E-state index contributed by atoms with van der Waals surface area (Å²) in [7, 11) is 0. The summed E-state index contributed by atoms with van der Waals surface area (Å²) in [5.41, 5.74) is 0.831. The van der Waals surface area contributed by atoms with E-state index < -0.39 is 5.60 Å². The number of ketones is 1. The van der Waals surface area contributed by atoms with Crippen molar-refractivity contribution in [1.29, 1.82) is 0 Å². The Morgan fingerprint density at radius 2 is 2.07 bits per heavy atom. The lowest BCUT2D eigenvalue weighted by Gasteiger charge is -2.37. The van der Waals surface area contributed by atoms with Crippen LogP contribution in [-0.2, 0) is 11.3 Å². The van der Waals surface area contributed by atoms with Crippen LogP contribution < -0.4 is 10.1 Å². The number of nitrogens with one attached hydrogen (secondary N) is 1. The molecule has 2 aliphatic carbocycles. The first kappa shape index (κ1) is 16.5. The highest BCUT2D eigenvalue weighted by Crippen LogP contribution is 2.65. The average molecular weight is 365 g/mol. The molecule has 2 fully saturated rings. The molecule has 5 heteroatoms. The molecule has 0 bridgehead atoms. The van der Waals surface area contributed by atoms with Crippen LogP contribution in [0.4, 0.5) is 4.39 Å². The van der Waals surface area contributed by atoms with Crippen molar-refractivity contribution in [2.24, 2.45) is 17.8 Å². The van der Waals surface area contributed by atoms with E-state index >= 15 is 0 Å². The minimum atomic E-state index is -0.545. The fraction of sp³-hybridized carbons (Fsp3) is 0.364. The lowest BCUT2D eigenvalue weighted by molar-refractivity contribution is -0.124. The molecule has 1 spiro atoms. The zero-order chi connectivity index (χ0) is 18.6. The molecule has 2 saturated carbocycles. The zero-order valence-electron chi connectivity index (χ0n) is 14.8. The van der Waals surface area contributed by atoms with Crippen molar-refractivity contribution in [2.75, 3.05) is 0 Å². The first-order chi connectivity index (χ1) is 13.1. The number of carbonyl (C=O) groups is 2. The molecular formula is C22H20FNO3. The summed E-state index contributed by atoms with van der Waals surface area (Å²) in [5.74, 6) is 0.645. The Balaban J connectivity index is 1.30. The number of hydrogen-bond acceptors (Lipinski definition) is 3. The summed E-state index contributed by atoms with van der Waals surface area (Å²) in [4.78, 5) is 25.3. The Hall–Kier alpha value is -2.69. The highest BCUT2D eigenvalue weighted by atomic mass is 19.1. The van der Waals surface area contributed by atoms with Gasteiger partial charge in [-0.3, -0.25) is 9.59 Å². The van der Waals surface area contributed by atoms with Gasteiger partial charge in [-0.2, -0.15) is 0 Å². The quantitative estimate of drug-likeness (QED) is 0.906. The largest absolute Gasteiger partial charge is 0.486 e. The molecule has 2 aromatic rings. The van der Waals surface area contributed by atoms with Crippen LogP contribution in [0.15, 0.2) is 48.5 Å². The van der Waals surface area contributed by atoms with Gasteiger partial charge in [-0.05, 0) is 48.6 Å². The number of carbonyl (C=O) groups excluding carboxylic acids is 2. The SMILES string of the molecule is O=C1C[C@@]2(CC[C@H]3[C@@H](C(=O)NCc4cccc(F)c4)[C@@H]32)Oc2ccccc21. The second-order valence-corrected chi connectivity index (χ2v) is 7.86. The molecule has 0 unspecified atom stereocenters. The molecule has 1 amide bonds. The fourth-order valence-corrected chi connectivity index (χ4v) is 5.07. The van der Waals surface area contributed by atoms with Crippen molar-refractivity contribution in [2.45, 2.75) is 31.4 Å². The molecule has 5 rings (SSSR count). The standard InChI is InChI=1S/C22H20FNO3/c23-14-5-3-4-13(10-14)12-24-21(26)19-16-8-9-22(20(16)19)11-17(25)15-6-1-2-7-18(15)27-22/h1-7,10,16,19-20H,8-9,11-12H2,(H,24,26)/t16-,19+,20+,22+/m0/s1. The highest BCUT2D eigenvalue weighted by molar-refractivity contribution is 6.00. The fourth-order valence-electron chi connectivity index (χ4n) is 5.07. The van der Waals surface area contributed by atoms with Crippen molar-refractivity contribution in [3.63, 3.8) is 0 Å². The molecule has 138 valence electrons. The van der Waals surface area contributed by atoms with Gasteiger partial charge in [0.15, 0.2) is 5.78 Å². The summed E-state index contributed by atoms with van der Waals surface area (Å²) < 4.78 is 19.6. The topological polar surface area (TPSA) is 55.4 Å². The number of para-hydroxylation sites is 1. The molecule has 27 heavy (non-hydrogen) atoms. The molecule has 1 heterocycles. The number of amides is 1. The van der Waals surface area contributed by atoms with Gasteiger partial charge in [-0.25, -0.2) is 4.39 Å². The van der Waals surface area contributed by atoms with Gasteiger partial charge in [0.2, 0.25) is 5.91 Å². The molecule has 4 atom stereocenters. The first-order valence-corrected chi connectivity index (χ1v) is 9.41. The molecule has 0 aromatic heterocycles. The van der Waals surface area contributed by atoms with Gasteiger partial charge in [0.05, 0.1) is 12.0 Å². The molecule has 3 aliphatic rings. The predicted octanol–water partition coefficient (Wildman–Crippen LogP) is 3.50. The van der Waals surface area contributed by atoms with E-state index in [0.29, 0.717) is 24.3 Å². The average Bonchev–Trinajstić information content (AvgIpc) is 3.31. The van der Waals surface area contributed by atoms with E-state index in [4.69, 9.17) is 4.74 Å². The summed E-state index contributed by atoms with van der Waals surface area (Å²) >= 11 is 0. The van der Waals surface area contributed by atoms with Gasteiger partial charge in [-0.1, -0.05) is 24.3 Å². The molecule has 1 N–H and O–H groups in total. The van der Waals surface area contributed by atoms with E-state index in [0.717, 1.165) is 18.4 Å². The van der Waals surface area contributed by atoms with E-state index in [1.54, 1.807) is 18.2 Å². The van der Waals surface area contributed by atoms with Crippen LogP contribution in [0.3, 0.4) is 0 Å². The van der Waals surface area contributed by atoms with Crippen molar-refractivity contribution < 1.29 is 18.7 Å². The molecule has 0 radical (unpaired) electrons. The Bertz CT molecular complexity index is 943. The highest BCUT2D eigenvalue weighted by Gasteiger charge is 2.70. The molecular weight excluding hydrogens is 345 g/mol. The summed E-state index contributed by atoms with van der Waals surface area (Å²) in [5, 5.41) is 2.92. The Kier molecular flexibility index (Phi) is 3.61. The van der Waals surface area contributed by atoms with Crippen LogP contribution in [0.2, 0.25) is 0 Å². The number of hydrogen-bond donors (Lipinski definition) is 1. The van der Waals surface area contributed by atoms with Crippen molar-refractivity contribution in [3.8, 4) is 5.75 Å². The third kappa shape index (κ3) is 2.64. The third-order valence-corrected chi connectivity index (χ3v) is 6.30. The van der Waals surface area contributed by atoms with Crippen LogP contribution in [0.25, 0.3) is 0 Å². The Morgan fingerprint density at radius 3 is 2.93 bits per heavy atom. The van der Waals surface area contributed by atoms with Crippen LogP contribution in [0.5, 0.6) is 5.75 Å². The van der Waals surface area contributed by atoms with Crippen LogP contribution in [0.1, 0.15) is 35.2 Å². The van der Waals surface area contributed by atoms with Gasteiger partial charge >= 0.3 is 0 Å². The Morgan fingerprint density at radius 1 is 1.22 bits per heavy atom. The monoisotopic (exact) mass is 365 g/mol. The van der Waals surface area contributed by atoms with Crippen LogP contribution >= 0.6 is 0 Å². The number of Topliss-reactive ketones (excluding diaryl/α,β-unsaturated/α-hetero) is 1. The maximum atomic E-state index is 13.3. The lowest BCUT2D eigenvalue weighted by Crippen LogP contribution is -2.44. The van der Waals surface area contributed by atoms with Crippen molar-refractivity contribution >= 4 is 11.7 Å². The summed E-state index contributed by atoms with van der Waals surface area (Å²) in [6, 6.07) is 13.6. The number of halogens is 1. The molecule has 4 nitrogen and oxygen atoms in total. The Labute approximate surface area is 156 Å². The second kappa shape index (κ2) is 5.91. The van der Waals surface area contributed by atoms with Gasteiger partial charge in [0.25, 0.3) is 0 Å². The van der Waals surface area contributed by atoms with Crippen LogP contribution in [0, 0.1) is 23.6 Å². The smallest absolute Gasteiger partial charge is 0.224 e. The van der Waals surface area contributed by atoms with Crippen molar-refractivity contribution in [1.82, 2.24) is 5.32 Å². The summed E-state index contributed by atoms with van der Waals surface area (Å²) in [6.07, 6.45) is 2.06. The van der Waals surface area contributed by atoms with Crippen LogP contribution in [-0.4, -0.2) is 17.3 Å². The number of benzene rings is 2.